The second kappa shape index (κ2) is 6.20. The van der Waals surface area contributed by atoms with Crippen LogP contribution in [-0.2, 0) is 6.42 Å². The first-order chi connectivity index (χ1) is 8.29. The normalized spacial score (nSPS) is 29.2. The van der Waals surface area contributed by atoms with Crippen molar-refractivity contribution in [3.05, 3.63) is 35.9 Å². The van der Waals surface area contributed by atoms with Crippen LogP contribution in [0.3, 0.4) is 0 Å². The topological polar surface area (TPSA) is 26.0 Å². The molecule has 2 N–H and O–H groups in total. The van der Waals surface area contributed by atoms with E-state index in [1.54, 1.807) is 0 Å². The predicted molar refractivity (Wildman–Crippen MR) is 73.8 cm³/mol. The first kappa shape index (κ1) is 12.6. The van der Waals surface area contributed by atoms with Gasteiger partial charge in [-0.1, -0.05) is 43.7 Å². The lowest BCUT2D eigenvalue weighted by Crippen LogP contribution is -2.30. The first-order valence-electron chi connectivity index (χ1n) is 7.03. The Balaban J connectivity index is 1.88. The second-order valence-corrected chi connectivity index (χ2v) is 5.70. The lowest BCUT2D eigenvalue weighted by Gasteiger charge is -2.34. The maximum Gasteiger partial charge on any atom is -0.00462 e. The Labute approximate surface area is 105 Å². The van der Waals surface area contributed by atoms with E-state index in [1.807, 2.05) is 0 Å². The Morgan fingerprint density at radius 2 is 1.88 bits per heavy atom. The summed E-state index contributed by atoms with van der Waals surface area (Å²) in [6.45, 7) is 3.27. The molecule has 0 saturated heterocycles. The average Bonchev–Trinajstić information content (AvgIpc) is 2.38. The van der Waals surface area contributed by atoms with Gasteiger partial charge in [0.25, 0.3) is 0 Å². The van der Waals surface area contributed by atoms with Crippen molar-refractivity contribution in [2.24, 2.45) is 23.5 Å². The highest BCUT2D eigenvalue weighted by molar-refractivity contribution is 5.14. The number of benzene rings is 1. The van der Waals surface area contributed by atoms with E-state index >= 15 is 0 Å². The molecule has 1 aliphatic rings. The second-order valence-electron chi connectivity index (χ2n) is 5.70. The fourth-order valence-electron chi connectivity index (χ4n) is 3.22. The average molecular weight is 231 g/mol. The SMILES string of the molecule is CC1CCC(CN)C(CCc2ccccc2)C1. The molecule has 0 radical (unpaired) electrons. The third kappa shape index (κ3) is 3.57. The minimum Gasteiger partial charge on any atom is -0.330 e. The third-order valence-electron chi connectivity index (χ3n) is 4.35. The van der Waals surface area contributed by atoms with Crippen LogP contribution in [-0.4, -0.2) is 6.54 Å². The summed E-state index contributed by atoms with van der Waals surface area (Å²) < 4.78 is 0. The van der Waals surface area contributed by atoms with Gasteiger partial charge in [-0.2, -0.15) is 0 Å². The molecular formula is C16H25N. The van der Waals surface area contributed by atoms with Crippen LogP contribution in [0.2, 0.25) is 0 Å². The molecule has 1 nitrogen and oxygen atoms in total. The molecule has 1 aliphatic carbocycles. The molecule has 0 bridgehead atoms. The summed E-state index contributed by atoms with van der Waals surface area (Å²) in [5.41, 5.74) is 7.38. The summed E-state index contributed by atoms with van der Waals surface area (Å²) >= 11 is 0. The van der Waals surface area contributed by atoms with Gasteiger partial charge >= 0.3 is 0 Å². The maximum atomic E-state index is 5.91. The molecule has 0 spiro atoms. The molecule has 1 aromatic rings. The number of hydrogen-bond donors (Lipinski definition) is 1. The molecular weight excluding hydrogens is 206 g/mol. The van der Waals surface area contributed by atoms with E-state index in [0.717, 1.165) is 24.3 Å². The van der Waals surface area contributed by atoms with Gasteiger partial charge in [-0.3, -0.25) is 0 Å². The minimum atomic E-state index is 0.773. The summed E-state index contributed by atoms with van der Waals surface area (Å²) in [5, 5.41) is 0. The smallest absolute Gasteiger partial charge is 0.00462 e. The van der Waals surface area contributed by atoms with Crippen molar-refractivity contribution in [1.82, 2.24) is 0 Å². The highest BCUT2D eigenvalue weighted by Crippen LogP contribution is 2.35. The molecule has 3 unspecified atom stereocenters. The van der Waals surface area contributed by atoms with Gasteiger partial charge in [-0.05, 0) is 55.5 Å². The van der Waals surface area contributed by atoms with E-state index < -0.39 is 0 Å². The van der Waals surface area contributed by atoms with Crippen LogP contribution in [0, 0.1) is 17.8 Å². The van der Waals surface area contributed by atoms with Crippen LogP contribution < -0.4 is 5.73 Å². The van der Waals surface area contributed by atoms with Crippen molar-refractivity contribution >= 4 is 0 Å². The van der Waals surface area contributed by atoms with Crippen LogP contribution in [0.1, 0.15) is 38.2 Å². The Hall–Kier alpha value is -0.820. The molecule has 0 heterocycles. The maximum absolute atomic E-state index is 5.91. The minimum absolute atomic E-state index is 0.773. The lowest BCUT2D eigenvalue weighted by molar-refractivity contribution is 0.184. The molecule has 3 atom stereocenters. The van der Waals surface area contributed by atoms with Gasteiger partial charge in [0.05, 0.1) is 0 Å². The van der Waals surface area contributed by atoms with Gasteiger partial charge in [0.2, 0.25) is 0 Å². The number of rotatable bonds is 4. The lowest BCUT2D eigenvalue weighted by atomic mass is 9.72. The van der Waals surface area contributed by atoms with Gasteiger partial charge in [-0.25, -0.2) is 0 Å². The van der Waals surface area contributed by atoms with Crippen molar-refractivity contribution in [1.29, 1.82) is 0 Å². The molecule has 1 fully saturated rings. The molecule has 17 heavy (non-hydrogen) atoms. The molecule has 0 amide bonds. The molecule has 1 heteroatoms. The zero-order chi connectivity index (χ0) is 12.1. The van der Waals surface area contributed by atoms with E-state index in [0.29, 0.717) is 0 Å². The molecule has 1 saturated carbocycles. The third-order valence-corrected chi connectivity index (χ3v) is 4.35. The Morgan fingerprint density at radius 1 is 1.12 bits per heavy atom. The zero-order valence-corrected chi connectivity index (χ0v) is 10.9. The van der Waals surface area contributed by atoms with Gasteiger partial charge in [-0.15, -0.1) is 0 Å². The Morgan fingerprint density at radius 3 is 2.59 bits per heavy atom. The van der Waals surface area contributed by atoms with Crippen molar-refractivity contribution in [2.75, 3.05) is 6.54 Å². The van der Waals surface area contributed by atoms with Gasteiger partial charge in [0, 0.05) is 0 Å². The van der Waals surface area contributed by atoms with Crippen molar-refractivity contribution in [3.63, 3.8) is 0 Å². The Kier molecular flexibility index (Phi) is 4.61. The van der Waals surface area contributed by atoms with Crippen molar-refractivity contribution in [3.8, 4) is 0 Å². The van der Waals surface area contributed by atoms with E-state index in [1.165, 1.54) is 37.7 Å². The fraction of sp³-hybridized carbons (Fsp3) is 0.625. The van der Waals surface area contributed by atoms with Crippen LogP contribution in [0.15, 0.2) is 30.3 Å². The standard InChI is InChI=1S/C16H25N/c1-13-7-9-16(12-17)15(11-13)10-8-14-5-3-2-4-6-14/h2-6,13,15-16H,7-12,17H2,1H3. The van der Waals surface area contributed by atoms with Crippen molar-refractivity contribution < 1.29 is 0 Å². The van der Waals surface area contributed by atoms with E-state index in [2.05, 4.69) is 37.3 Å². The summed E-state index contributed by atoms with van der Waals surface area (Å²) in [6.07, 6.45) is 6.64. The van der Waals surface area contributed by atoms with Crippen LogP contribution in [0.4, 0.5) is 0 Å². The van der Waals surface area contributed by atoms with E-state index in [-0.39, 0.29) is 0 Å². The first-order valence-corrected chi connectivity index (χ1v) is 7.03. The number of nitrogens with two attached hydrogens (primary N) is 1. The Bertz CT molecular complexity index is 320. The van der Waals surface area contributed by atoms with Crippen molar-refractivity contribution in [2.45, 2.75) is 39.0 Å². The summed E-state index contributed by atoms with van der Waals surface area (Å²) in [6, 6.07) is 10.8. The zero-order valence-electron chi connectivity index (χ0n) is 10.9. The largest absolute Gasteiger partial charge is 0.330 e. The van der Waals surface area contributed by atoms with Gasteiger partial charge < -0.3 is 5.73 Å². The predicted octanol–water partition coefficient (Wildman–Crippen LogP) is 3.63. The van der Waals surface area contributed by atoms with Crippen LogP contribution >= 0.6 is 0 Å². The quantitative estimate of drug-likeness (QED) is 0.841. The fourth-order valence-corrected chi connectivity index (χ4v) is 3.22. The number of aryl methyl sites for hydroxylation is 1. The van der Waals surface area contributed by atoms with E-state index in [4.69, 9.17) is 5.73 Å². The molecule has 1 aromatic carbocycles. The van der Waals surface area contributed by atoms with E-state index in [9.17, 15) is 0 Å². The molecule has 0 aliphatic heterocycles. The monoisotopic (exact) mass is 231 g/mol. The van der Waals surface area contributed by atoms with Gasteiger partial charge in [0.1, 0.15) is 0 Å². The molecule has 94 valence electrons. The molecule has 2 rings (SSSR count). The summed E-state index contributed by atoms with van der Waals surface area (Å²) in [4.78, 5) is 0. The number of hydrogen-bond acceptors (Lipinski definition) is 1. The summed E-state index contributed by atoms with van der Waals surface area (Å²) in [5.74, 6) is 2.53. The highest BCUT2D eigenvalue weighted by Gasteiger charge is 2.27. The highest BCUT2D eigenvalue weighted by atomic mass is 14.6. The molecule has 0 aromatic heterocycles. The van der Waals surface area contributed by atoms with Crippen LogP contribution in [0.25, 0.3) is 0 Å². The van der Waals surface area contributed by atoms with Gasteiger partial charge in [0.15, 0.2) is 0 Å². The van der Waals surface area contributed by atoms with Crippen LogP contribution in [0.5, 0.6) is 0 Å². The summed E-state index contributed by atoms with van der Waals surface area (Å²) in [7, 11) is 0.